The second kappa shape index (κ2) is 4.50. The first kappa shape index (κ1) is 11.7. The van der Waals surface area contributed by atoms with Gasteiger partial charge < -0.3 is 10.2 Å². The molecule has 2 nitrogen and oxygen atoms in total. The Morgan fingerprint density at radius 3 is 2.75 bits per heavy atom. The number of hydrogen-bond acceptors (Lipinski definition) is 2. The van der Waals surface area contributed by atoms with Crippen molar-refractivity contribution in [2.75, 3.05) is 0 Å². The monoisotopic (exact) mass is 263 g/mol. The molecule has 2 N–H and O–H groups in total. The lowest BCUT2D eigenvalue weighted by molar-refractivity contribution is 0.430. The predicted molar refractivity (Wildman–Crippen MR) is 80.6 cm³/mol. The van der Waals surface area contributed by atoms with E-state index in [2.05, 4.69) is 36.4 Å². The van der Waals surface area contributed by atoms with Gasteiger partial charge in [0.2, 0.25) is 0 Å². The molecular weight excluding hydrogens is 246 g/mol. The van der Waals surface area contributed by atoms with Gasteiger partial charge in [-0.2, -0.15) is 0 Å². The minimum Gasteiger partial charge on any atom is -0.459 e. The minimum absolute atomic E-state index is 0.0271. The Morgan fingerprint density at radius 2 is 1.90 bits per heavy atom. The van der Waals surface area contributed by atoms with Gasteiger partial charge in [-0.05, 0) is 42.0 Å². The Morgan fingerprint density at radius 1 is 1.10 bits per heavy atom. The number of hydrogen-bond donors (Lipinski definition) is 1. The molecule has 2 heteroatoms. The molecule has 0 bridgehead atoms. The van der Waals surface area contributed by atoms with E-state index in [9.17, 15) is 0 Å². The van der Waals surface area contributed by atoms with Crippen molar-refractivity contribution < 1.29 is 4.42 Å². The van der Waals surface area contributed by atoms with Crippen molar-refractivity contribution in [1.29, 1.82) is 0 Å². The van der Waals surface area contributed by atoms with E-state index in [0.717, 1.165) is 29.6 Å². The summed E-state index contributed by atoms with van der Waals surface area (Å²) in [5.74, 6) is 1.48. The van der Waals surface area contributed by atoms with Crippen molar-refractivity contribution in [3.63, 3.8) is 0 Å². The van der Waals surface area contributed by atoms with Gasteiger partial charge in [-0.3, -0.25) is 0 Å². The van der Waals surface area contributed by atoms with E-state index in [1.54, 1.807) is 0 Å². The lowest BCUT2D eigenvalue weighted by Crippen LogP contribution is -2.22. The number of rotatable bonds is 3. The zero-order valence-corrected chi connectivity index (χ0v) is 11.3. The van der Waals surface area contributed by atoms with Crippen LogP contribution in [0.3, 0.4) is 0 Å². The lowest BCUT2D eigenvalue weighted by Gasteiger charge is -2.31. The van der Waals surface area contributed by atoms with Crippen LogP contribution in [0.25, 0.3) is 11.0 Å². The van der Waals surface area contributed by atoms with Crippen LogP contribution in [-0.4, -0.2) is 0 Å². The number of fused-ring (bicyclic) bond motifs is 2. The summed E-state index contributed by atoms with van der Waals surface area (Å²) in [5, 5.41) is 1.13. The molecule has 0 fully saturated rings. The second-order valence-electron chi connectivity index (χ2n) is 5.63. The van der Waals surface area contributed by atoms with Crippen LogP contribution in [0.1, 0.15) is 35.3 Å². The van der Waals surface area contributed by atoms with Crippen LogP contribution in [0.15, 0.2) is 59.0 Å². The third-order valence-corrected chi connectivity index (χ3v) is 4.31. The van der Waals surface area contributed by atoms with Gasteiger partial charge in [0.25, 0.3) is 0 Å². The summed E-state index contributed by atoms with van der Waals surface area (Å²) >= 11 is 0. The van der Waals surface area contributed by atoms with Crippen LogP contribution in [-0.2, 0) is 6.42 Å². The first-order valence-corrected chi connectivity index (χ1v) is 7.13. The second-order valence-corrected chi connectivity index (χ2v) is 5.63. The van der Waals surface area contributed by atoms with Crippen molar-refractivity contribution in [2.45, 2.75) is 24.8 Å². The van der Waals surface area contributed by atoms with Crippen molar-refractivity contribution >= 4 is 11.0 Å². The summed E-state index contributed by atoms with van der Waals surface area (Å²) in [5.41, 5.74) is 10.2. The summed E-state index contributed by atoms with van der Waals surface area (Å²) in [6.45, 7) is 0. The molecule has 0 amide bonds. The molecule has 0 spiro atoms. The van der Waals surface area contributed by atoms with E-state index < -0.39 is 0 Å². The van der Waals surface area contributed by atoms with Crippen LogP contribution in [0.5, 0.6) is 0 Å². The third-order valence-electron chi connectivity index (χ3n) is 4.31. The molecule has 0 saturated carbocycles. The lowest BCUT2D eigenvalue weighted by atomic mass is 9.74. The third kappa shape index (κ3) is 1.84. The zero-order chi connectivity index (χ0) is 13.5. The van der Waals surface area contributed by atoms with Gasteiger partial charge in [-0.25, -0.2) is 0 Å². The molecule has 0 saturated heterocycles. The van der Waals surface area contributed by atoms with Crippen molar-refractivity contribution in [1.82, 2.24) is 0 Å². The molecule has 1 aliphatic carbocycles. The fourth-order valence-corrected chi connectivity index (χ4v) is 3.18. The number of furan rings is 1. The standard InChI is InChI=1S/C18H17NO/c19-16(10-14-9-12-5-1-3-7-15(12)14)18-11-13-6-2-4-8-17(13)20-18/h1-8,11,14,16H,9-10,19H2. The van der Waals surface area contributed by atoms with Gasteiger partial charge in [-0.1, -0.05) is 42.5 Å². The molecule has 3 aromatic rings. The molecule has 2 unspecified atom stereocenters. The van der Waals surface area contributed by atoms with Gasteiger partial charge in [0.1, 0.15) is 11.3 Å². The summed E-state index contributed by atoms with van der Waals surface area (Å²) in [4.78, 5) is 0. The largest absolute Gasteiger partial charge is 0.459 e. The van der Waals surface area contributed by atoms with E-state index in [-0.39, 0.29) is 6.04 Å². The minimum atomic E-state index is -0.0271. The predicted octanol–water partition coefficient (Wildman–Crippen LogP) is 4.16. The molecule has 4 rings (SSSR count). The van der Waals surface area contributed by atoms with Gasteiger partial charge in [-0.15, -0.1) is 0 Å². The van der Waals surface area contributed by atoms with Gasteiger partial charge >= 0.3 is 0 Å². The Labute approximate surface area is 118 Å². The fourth-order valence-electron chi connectivity index (χ4n) is 3.18. The van der Waals surface area contributed by atoms with E-state index in [1.807, 2.05) is 18.2 Å². The van der Waals surface area contributed by atoms with Gasteiger partial charge in [0.15, 0.2) is 0 Å². The van der Waals surface area contributed by atoms with E-state index in [4.69, 9.17) is 10.2 Å². The molecule has 2 aromatic carbocycles. The topological polar surface area (TPSA) is 39.2 Å². The number of para-hydroxylation sites is 1. The highest BCUT2D eigenvalue weighted by atomic mass is 16.3. The summed E-state index contributed by atoms with van der Waals surface area (Å²) in [7, 11) is 0. The van der Waals surface area contributed by atoms with Crippen LogP contribution in [0.4, 0.5) is 0 Å². The van der Waals surface area contributed by atoms with Crippen LogP contribution in [0.2, 0.25) is 0 Å². The molecular formula is C18H17NO. The zero-order valence-electron chi connectivity index (χ0n) is 11.3. The Kier molecular flexibility index (Phi) is 2.64. The van der Waals surface area contributed by atoms with Gasteiger partial charge in [0.05, 0.1) is 6.04 Å². The molecule has 100 valence electrons. The van der Waals surface area contributed by atoms with Gasteiger partial charge in [0, 0.05) is 5.39 Å². The molecule has 1 aromatic heterocycles. The van der Waals surface area contributed by atoms with Crippen molar-refractivity contribution in [3.05, 3.63) is 71.5 Å². The quantitative estimate of drug-likeness (QED) is 0.770. The highest BCUT2D eigenvalue weighted by Crippen LogP contribution is 2.40. The van der Waals surface area contributed by atoms with Crippen LogP contribution in [0, 0.1) is 0 Å². The van der Waals surface area contributed by atoms with E-state index in [1.165, 1.54) is 11.1 Å². The summed E-state index contributed by atoms with van der Waals surface area (Å²) in [6.07, 6.45) is 2.10. The van der Waals surface area contributed by atoms with E-state index in [0.29, 0.717) is 5.92 Å². The SMILES string of the molecule is NC(CC1Cc2ccccc21)c1cc2ccccc2o1. The molecule has 1 aliphatic rings. The Hall–Kier alpha value is -2.06. The maximum Gasteiger partial charge on any atom is 0.134 e. The number of nitrogens with two attached hydrogens (primary N) is 1. The molecule has 0 radical (unpaired) electrons. The smallest absolute Gasteiger partial charge is 0.134 e. The molecule has 20 heavy (non-hydrogen) atoms. The maximum atomic E-state index is 6.33. The van der Waals surface area contributed by atoms with Crippen LogP contribution < -0.4 is 5.73 Å². The average molecular weight is 263 g/mol. The fraction of sp³-hybridized carbons (Fsp3) is 0.222. The Balaban J connectivity index is 1.55. The van der Waals surface area contributed by atoms with E-state index >= 15 is 0 Å². The highest BCUT2D eigenvalue weighted by molar-refractivity contribution is 5.77. The molecule has 2 atom stereocenters. The Bertz CT molecular complexity index is 726. The number of benzene rings is 2. The first-order chi connectivity index (χ1) is 9.81. The summed E-state index contributed by atoms with van der Waals surface area (Å²) < 4.78 is 5.86. The normalized spacial score (nSPS) is 18.6. The average Bonchev–Trinajstić information content (AvgIpc) is 2.88. The molecule has 0 aliphatic heterocycles. The van der Waals surface area contributed by atoms with Crippen molar-refractivity contribution in [2.24, 2.45) is 5.73 Å². The van der Waals surface area contributed by atoms with Crippen molar-refractivity contribution in [3.8, 4) is 0 Å². The first-order valence-electron chi connectivity index (χ1n) is 7.13. The maximum absolute atomic E-state index is 6.33. The summed E-state index contributed by atoms with van der Waals surface area (Å²) in [6, 6.07) is 18.8. The highest BCUT2D eigenvalue weighted by Gasteiger charge is 2.28. The van der Waals surface area contributed by atoms with Crippen LogP contribution >= 0.6 is 0 Å². The molecule has 1 heterocycles.